The molecule has 2 aromatic carbocycles. The maximum Gasteiger partial charge on any atom is 0.419 e. The number of fused-ring (bicyclic) bond motifs is 1. The molecule has 0 fully saturated rings. The highest BCUT2D eigenvalue weighted by Crippen LogP contribution is 2.31. The number of rotatable bonds is 5. The van der Waals surface area contributed by atoms with E-state index in [1.165, 1.54) is 11.7 Å². The molecular weight excluding hydrogens is 379 g/mol. The number of aryl methyl sites for hydroxylation is 2. The van der Waals surface area contributed by atoms with Crippen molar-refractivity contribution in [1.82, 2.24) is 4.57 Å². The highest BCUT2D eigenvalue weighted by atomic mass is 35.5. The van der Waals surface area contributed by atoms with Crippen LogP contribution in [0.25, 0.3) is 11.1 Å². The van der Waals surface area contributed by atoms with Gasteiger partial charge in [-0.05, 0) is 30.7 Å². The van der Waals surface area contributed by atoms with E-state index in [1.807, 2.05) is 6.92 Å². The average molecular weight is 395 g/mol. The average Bonchev–Trinajstić information content (AvgIpc) is 2.90. The van der Waals surface area contributed by atoms with Gasteiger partial charge in [0.1, 0.15) is 5.75 Å². The summed E-state index contributed by atoms with van der Waals surface area (Å²) in [6.07, 6.45) is 0.0853. The molecule has 1 heterocycles. The molecule has 0 spiro atoms. The van der Waals surface area contributed by atoms with Crippen LogP contribution in [0.3, 0.4) is 0 Å². The van der Waals surface area contributed by atoms with Crippen molar-refractivity contribution in [2.24, 2.45) is 0 Å². The number of halogens is 2. The second kappa shape index (κ2) is 7.43. The number of aromatic nitrogens is 1. The van der Waals surface area contributed by atoms with E-state index in [0.717, 1.165) is 5.56 Å². The molecular formula is C18H16Cl2N2O4. The lowest BCUT2D eigenvalue weighted by molar-refractivity contribution is -0.116. The highest BCUT2D eigenvalue weighted by Gasteiger charge is 2.13. The first kappa shape index (κ1) is 18.4. The summed E-state index contributed by atoms with van der Waals surface area (Å²) in [5, 5.41) is 3.80. The molecule has 0 aliphatic rings. The minimum Gasteiger partial charge on any atom is -0.495 e. The van der Waals surface area contributed by atoms with Crippen molar-refractivity contribution in [3.8, 4) is 5.75 Å². The molecule has 1 N–H and O–H groups in total. The van der Waals surface area contributed by atoms with Gasteiger partial charge in [0.2, 0.25) is 5.91 Å². The van der Waals surface area contributed by atoms with E-state index < -0.39 is 5.76 Å². The third kappa shape index (κ3) is 3.71. The topological polar surface area (TPSA) is 73.5 Å². The molecule has 1 aromatic heterocycles. The first-order valence-electron chi connectivity index (χ1n) is 7.82. The predicted molar refractivity (Wildman–Crippen MR) is 101 cm³/mol. The quantitative estimate of drug-likeness (QED) is 0.701. The van der Waals surface area contributed by atoms with E-state index in [1.54, 1.807) is 30.3 Å². The fourth-order valence-electron chi connectivity index (χ4n) is 2.61. The molecule has 26 heavy (non-hydrogen) atoms. The minimum atomic E-state index is -0.532. The molecule has 0 aliphatic heterocycles. The van der Waals surface area contributed by atoms with Crippen molar-refractivity contribution in [1.29, 1.82) is 0 Å². The molecule has 3 aromatic rings. The Morgan fingerprint density at radius 1 is 1.27 bits per heavy atom. The molecule has 136 valence electrons. The van der Waals surface area contributed by atoms with E-state index >= 15 is 0 Å². The van der Waals surface area contributed by atoms with Gasteiger partial charge in [0.05, 0.1) is 18.3 Å². The van der Waals surface area contributed by atoms with Crippen LogP contribution >= 0.6 is 23.2 Å². The normalized spacial score (nSPS) is 10.9. The van der Waals surface area contributed by atoms with Crippen LogP contribution in [0.1, 0.15) is 12.0 Å². The number of nitrogens with zero attached hydrogens (tertiary/aromatic N) is 1. The summed E-state index contributed by atoms with van der Waals surface area (Å²) in [4.78, 5) is 24.3. The molecule has 0 unspecified atom stereocenters. The van der Waals surface area contributed by atoms with Crippen LogP contribution in [0, 0.1) is 6.92 Å². The van der Waals surface area contributed by atoms with Gasteiger partial charge in [-0.2, -0.15) is 0 Å². The second-order valence-electron chi connectivity index (χ2n) is 5.73. The van der Waals surface area contributed by atoms with Gasteiger partial charge in [-0.25, -0.2) is 4.79 Å². The molecule has 0 saturated heterocycles. The van der Waals surface area contributed by atoms with Crippen LogP contribution in [-0.4, -0.2) is 17.6 Å². The van der Waals surface area contributed by atoms with Gasteiger partial charge in [0.25, 0.3) is 0 Å². The Bertz CT molecular complexity index is 1040. The zero-order valence-electron chi connectivity index (χ0n) is 14.1. The van der Waals surface area contributed by atoms with Gasteiger partial charge in [0, 0.05) is 35.1 Å². The lowest BCUT2D eigenvalue weighted by atomic mass is 10.2. The van der Waals surface area contributed by atoms with Crippen LogP contribution in [0.5, 0.6) is 5.75 Å². The summed E-state index contributed by atoms with van der Waals surface area (Å²) in [6, 6.07) is 8.30. The Kier molecular flexibility index (Phi) is 5.25. The number of ether oxygens (including phenoxy) is 1. The number of hydrogen-bond donors (Lipinski definition) is 1. The summed E-state index contributed by atoms with van der Waals surface area (Å²) >= 11 is 12.0. The minimum absolute atomic E-state index is 0.0853. The molecule has 1 amide bonds. The number of oxazole rings is 1. The van der Waals surface area contributed by atoms with E-state index in [9.17, 15) is 9.59 Å². The summed E-state index contributed by atoms with van der Waals surface area (Å²) in [7, 11) is 1.50. The van der Waals surface area contributed by atoms with Crippen LogP contribution in [-0.2, 0) is 11.3 Å². The summed E-state index contributed by atoms with van der Waals surface area (Å²) in [6.45, 7) is 2.01. The standard InChI is InChI=1S/C18H16Cl2N2O4/c1-10-7-13(15(25-2)9-12(10)20)21-17(23)5-6-22-14-4-3-11(19)8-16(14)26-18(22)24/h3-4,7-9H,5-6H2,1-2H3,(H,21,23). The van der Waals surface area contributed by atoms with Gasteiger partial charge in [-0.1, -0.05) is 23.2 Å². The number of nitrogens with one attached hydrogen (secondary N) is 1. The van der Waals surface area contributed by atoms with Crippen LogP contribution < -0.4 is 15.8 Å². The number of carbonyl (C=O) groups excluding carboxylic acids is 1. The van der Waals surface area contributed by atoms with Crippen molar-refractivity contribution in [3.05, 3.63) is 56.5 Å². The number of hydrogen-bond acceptors (Lipinski definition) is 4. The van der Waals surface area contributed by atoms with Crippen LogP contribution in [0.4, 0.5) is 5.69 Å². The number of methoxy groups -OCH3 is 1. The number of anilines is 1. The number of carbonyl (C=O) groups is 1. The maximum absolute atomic E-state index is 12.3. The molecule has 3 rings (SSSR count). The summed E-state index contributed by atoms with van der Waals surface area (Å²) in [5.74, 6) is -0.329. The number of benzene rings is 2. The zero-order chi connectivity index (χ0) is 18.8. The van der Waals surface area contributed by atoms with Crippen LogP contribution in [0.2, 0.25) is 10.0 Å². The summed E-state index contributed by atoms with van der Waals surface area (Å²) < 4.78 is 11.8. The Balaban J connectivity index is 1.75. The Morgan fingerprint density at radius 3 is 2.77 bits per heavy atom. The predicted octanol–water partition coefficient (Wildman–Crippen LogP) is 4.25. The molecule has 6 nitrogen and oxygen atoms in total. The van der Waals surface area contributed by atoms with E-state index in [0.29, 0.717) is 32.6 Å². The Hall–Kier alpha value is -2.44. The van der Waals surface area contributed by atoms with E-state index in [4.69, 9.17) is 32.4 Å². The van der Waals surface area contributed by atoms with Crippen molar-refractivity contribution >= 4 is 45.9 Å². The van der Waals surface area contributed by atoms with Gasteiger partial charge in [-0.3, -0.25) is 9.36 Å². The van der Waals surface area contributed by atoms with Crippen molar-refractivity contribution < 1.29 is 13.9 Å². The van der Waals surface area contributed by atoms with Crippen molar-refractivity contribution in [2.75, 3.05) is 12.4 Å². The highest BCUT2D eigenvalue weighted by molar-refractivity contribution is 6.31. The lowest BCUT2D eigenvalue weighted by Gasteiger charge is -2.12. The summed E-state index contributed by atoms with van der Waals surface area (Å²) in [5.41, 5.74) is 2.32. The maximum atomic E-state index is 12.3. The number of amides is 1. The second-order valence-corrected chi connectivity index (χ2v) is 6.58. The first-order valence-corrected chi connectivity index (χ1v) is 8.57. The van der Waals surface area contributed by atoms with Gasteiger partial charge < -0.3 is 14.5 Å². The van der Waals surface area contributed by atoms with Gasteiger partial charge in [0.15, 0.2) is 5.58 Å². The third-order valence-corrected chi connectivity index (χ3v) is 4.59. The molecule has 0 saturated carbocycles. The largest absolute Gasteiger partial charge is 0.495 e. The molecule has 0 radical (unpaired) electrons. The molecule has 0 atom stereocenters. The van der Waals surface area contributed by atoms with E-state index in [2.05, 4.69) is 5.32 Å². The zero-order valence-corrected chi connectivity index (χ0v) is 15.6. The van der Waals surface area contributed by atoms with Crippen molar-refractivity contribution in [3.63, 3.8) is 0 Å². The van der Waals surface area contributed by atoms with Gasteiger partial charge >= 0.3 is 5.76 Å². The van der Waals surface area contributed by atoms with E-state index in [-0.39, 0.29) is 18.9 Å². The first-order chi connectivity index (χ1) is 12.4. The monoisotopic (exact) mass is 394 g/mol. The lowest BCUT2D eigenvalue weighted by Crippen LogP contribution is -2.20. The third-order valence-electron chi connectivity index (χ3n) is 3.95. The smallest absolute Gasteiger partial charge is 0.419 e. The SMILES string of the molecule is COc1cc(Cl)c(C)cc1NC(=O)CCn1c(=O)oc2cc(Cl)ccc21. The van der Waals surface area contributed by atoms with Gasteiger partial charge in [-0.15, -0.1) is 0 Å². The Labute approximate surface area is 159 Å². The Morgan fingerprint density at radius 2 is 2.04 bits per heavy atom. The molecule has 8 heteroatoms. The van der Waals surface area contributed by atoms with Crippen molar-refractivity contribution in [2.45, 2.75) is 19.9 Å². The fraction of sp³-hybridized carbons (Fsp3) is 0.222. The molecule has 0 bridgehead atoms. The van der Waals surface area contributed by atoms with Crippen LogP contribution in [0.15, 0.2) is 39.5 Å². The fourth-order valence-corrected chi connectivity index (χ4v) is 2.92. The molecule has 0 aliphatic carbocycles.